The lowest BCUT2D eigenvalue weighted by molar-refractivity contribution is 1.34. The van der Waals surface area contributed by atoms with Crippen LogP contribution in [0.5, 0.6) is 0 Å². The summed E-state index contributed by atoms with van der Waals surface area (Å²) in [6.07, 6.45) is 1.70. The van der Waals surface area contributed by atoms with Gasteiger partial charge in [-0.25, -0.2) is 4.98 Å². The SMILES string of the molecule is C.c1ccc2[nH]cnc2c1. The number of benzene rings is 1. The lowest BCUT2D eigenvalue weighted by atomic mass is 10.3. The van der Waals surface area contributed by atoms with E-state index in [4.69, 9.17) is 0 Å². The van der Waals surface area contributed by atoms with Gasteiger partial charge in [-0.15, -0.1) is 0 Å². The van der Waals surface area contributed by atoms with E-state index in [0.29, 0.717) is 0 Å². The third kappa shape index (κ3) is 0.880. The van der Waals surface area contributed by atoms with Gasteiger partial charge in [0.2, 0.25) is 0 Å². The predicted molar refractivity (Wildman–Crippen MR) is 42.8 cm³/mol. The predicted octanol–water partition coefficient (Wildman–Crippen LogP) is 2.20. The topological polar surface area (TPSA) is 28.7 Å². The van der Waals surface area contributed by atoms with Gasteiger partial charge in [0.15, 0.2) is 0 Å². The maximum atomic E-state index is 4.06. The van der Waals surface area contributed by atoms with E-state index in [-0.39, 0.29) is 7.43 Å². The minimum Gasteiger partial charge on any atom is -0.345 e. The molecule has 52 valence electrons. The summed E-state index contributed by atoms with van der Waals surface area (Å²) in [7, 11) is 0. The van der Waals surface area contributed by atoms with E-state index in [1.807, 2.05) is 24.3 Å². The van der Waals surface area contributed by atoms with Crippen LogP contribution in [0, 0.1) is 0 Å². The summed E-state index contributed by atoms with van der Waals surface area (Å²) in [5, 5.41) is 0. The molecule has 0 radical (unpaired) electrons. The van der Waals surface area contributed by atoms with Crippen molar-refractivity contribution in [1.29, 1.82) is 0 Å². The van der Waals surface area contributed by atoms with Crippen LogP contribution in [0.15, 0.2) is 30.6 Å². The molecule has 1 aromatic carbocycles. The van der Waals surface area contributed by atoms with Gasteiger partial charge in [0.1, 0.15) is 0 Å². The average molecular weight is 134 g/mol. The number of aromatic amines is 1. The third-order valence-corrected chi connectivity index (χ3v) is 1.33. The summed E-state index contributed by atoms with van der Waals surface area (Å²) in [4.78, 5) is 7.07. The van der Waals surface area contributed by atoms with Crippen molar-refractivity contribution >= 4 is 11.0 Å². The Bertz CT molecular complexity index is 281. The fraction of sp³-hybridized carbons (Fsp3) is 0.125. The number of hydrogen-bond acceptors (Lipinski definition) is 1. The molecule has 2 nitrogen and oxygen atoms in total. The molecule has 0 atom stereocenters. The quantitative estimate of drug-likeness (QED) is 0.587. The zero-order valence-corrected chi connectivity index (χ0v) is 4.83. The molecule has 0 fully saturated rings. The second kappa shape index (κ2) is 2.52. The summed E-state index contributed by atoms with van der Waals surface area (Å²) < 4.78 is 0. The first-order valence-corrected chi connectivity index (χ1v) is 2.85. The fourth-order valence-corrected chi connectivity index (χ4v) is 0.880. The Hall–Kier alpha value is -1.31. The van der Waals surface area contributed by atoms with E-state index in [9.17, 15) is 0 Å². The first kappa shape index (κ1) is 6.81. The van der Waals surface area contributed by atoms with Crippen molar-refractivity contribution in [2.45, 2.75) is 7.43 Å². The van der Waals surface area contributed by atoms with E-state index >= 15 is 0 Å². The molecule has 2 rings (SSSR count). The smallest absolute Gasteiger partial charge is 0.0931 e. The Balaban J connectivity index is 0.000000500. The molecular formula is C8H10N2. The van der Waals surface area contributed by atoms with E-state index in [2.05, 4.69) is 9.97 Å². The van der Waals surface area contributed by atoms with Crippen LogP contribution in [0.3, 0.4) is 0 Å². The average Bonchev–Trinajstić information content (AvgIpc) is 2.33. The van der Waals surface area contributed by atoms with Crippen molar-refractivity contribution in [3.63, 3.8) is 0 Å². The van der Waals surface area contributed by atoms with Gasteiger partial charge in [0, 0.05) is 0 Å². The van der Waals surface area contributed by atoms with Crippen LogP contribution in [-0.2, 0) is 0 Å². The molecule has 0 saturated carbocycles. The highest BCUT2D eigenvalue weighted by molar-refractivity contribution is 5.73. The Morgan fingerprint density at radius 2 is 2.00 bits per heavy atom. The Kier molecular flexibility index (Phi) is 1.71. The number of H-pyrrole nitrogens is 1. The molecule has 0 spiro atoms. The Morgan fingerprint density at radius 1 is 1.20 bits per heavy atom. The molecule has 0 amide bonds. The number of fused-ring (bicyclic) bond motifs is 1. The van der Waals surface area contributed by atoms with E-state index in [0.717, 1.165) is 11.0 Å². The number of hydrogen-bond donors (Lipinski definition) is 1. The van der Waals surface area contributed by atoms with Gasteiger partial charge < -0.3 is 4.98 Å². The molecule has 1 heterocycles. The van der Waals surface area contributed by atoms with E-state index < -0.39 is 0 Å². The number of aromatic nitrogens is 2. The van der Waals surface area contributed by atoms with Gasteiger partial charge in [0.25, 0.3) is 0 Å². The van der Waals surface area contributed by atoms with Gasteiger partial charge in [-0.3, -0.25) is 0 Å². The summed E-state index contributed by atoms with van der Waals surface area (Å²) in [6, 6.07) is 7.94. The first-order valence-electron chi connectivity index (χ1n) is 2.85. The van der Waals surface area contributed by atoms with Gasteiger partial charge >= 0.3 is 0 Å². The molecule has 1 N–H and O–H groups in total. The fourth-order valence-electron chi connectivity index (χ4n) is 0.880. The molecule has 2 heteroatoms. The Labute approximate surface area is 59.9 Å². The molecule has 0 saturated heterocycles. The molecule has 0 unspecified atom stereocenters. The number of nitrogens with one attached hydrogen (secondary N) is 1. The van der Waals surface area contributed by atoms with Gasteiger partial charge in [-0.2, -0.15) is 0 Å². The van der Waals surface area contributed by atoms with Crippen molar-refractivity contribution in [2.75, 3.05) is 0 Å². The molecule has 1 aromatic heterocycles. The number of imidazole rings is 1. The largest absolute Gasteiger partial charge is 0.345 e. The zero-order chi connectivity index (χ0) is 6.10. The molecular weight excluding hydrogens is 124 g/mol. The first-order chi connectivity index (χ1) is 4.47. The standard InChI is InChI=1S/C7H6N2.CH4/c1-2-4-7-6(3-1)8-5-9-7;/h1-5H,(H,8,9);1H4. The van der Waals surface area contributed by atoms with Gasteiger partial charge in [-0.05, 0) is 12.1 Å². The summed E-state index contributed by atoms with van der Waals surface area (Å²) >= 11 is 0. The second-order valence-corrected chi connectivity index (χ2v) is 1.92. The van der Waals surface area contributed by atoms with Crippen LogP contribution in [0.1, 0.15) is 7.43 Å². The van der Waals surface area contributed by atoms with Gasteiger partial charge in [0.05, 0.1) is 17.4 Å². The van der Waals surface area contributed by atoms with Crippen LogP contribution in [0.2, 0.25) is 0 Å². The normalized spacial score (nSPS) is 9.20. The van der Waals surface area contributed by atoms with Crippen molar-refractivity contribution < 1.29 is 0 Å². The molecule has 10 heavy (non-hydrogen) atoms. The molecule has 0 bridgehead atoms. The van der Waals surface area contributed by atoms with Crippen LogP contribution in [-0.4, -0.2) is 9.97 Å². The summed E-state index contributed by atoms with van der Waals surface area (Å²) in [5.41, 5.74) is 2.12. The van der Waals surface area contributed by atoms with Crippen molar-refractivity contribution in [1.82, 2.24) is 9.97 Å². The summed E-state index contributed by atoms with van der Waals surface area (Å²) in [5.74, 6) is 0. The highest BCUT2D eigenvalue weighted by Gasteiger charge is 1.88. The van der Waals surface area contributed by atoms with Crippen LogP contribution in [0.25, 0.3) is 11.0 Å². The maximum absolute atomic E-state index is 4.06. The highest BCUT2D eigenvalue weighted by Crippen LogP contribution is 2.05. The lowest BCUT2D eigenvalue weighted by Gasteiger charge is -1.81. The minimum atomic E-state index is 0. The molecule has 0 aliphatic rings. The number of rotatable bonds is 0. The lowest BCUT2D eigenvalue weighted by Crippen LogP contribution is -1.63. The highest BCUT2D eigenvalue weighted by atomic mass is 14.9. The van der Waals surface area contributed by atoms with Crippen LogP contribution in [0.4, 0.5) is 0 Å². The minimum absolute atomic E-state index is 0. The van der Waals surface area contributed by atoms with Crippen molar-refractivity contribution in [2.24, 2.45) is 0 Å². The van der Waals surface area contributed by atoms with E-state index in [1.165, 1.54) is 0 Å². The third-order valence-electron chi connectivity index (χ3n) is 1.33. The zero-order valence-electron chi connectivity index (χ0n) is 4.83. The maximum Gasteiger partial charge on any atom is 0.0931 e. The number of para-hydroxylation sites is 2. The van der Waals surface area contributed by atoms with Crippen molar-refractivity contribution in [3.8, 4) is 0 Å². The van der Waals surface area contributed by atoms with E-state index in [1.54, 1.807) is 6.33 Å². The summed E-state index contributed by atoms with van der Waals surface area (Å²) in [6.45, 7) is 0. The van der Waals surface area contributed by atoms with Crippen molar-refractivity contribution in [3.05, 3.63) is 30.6 Å². The number of nitrogens with zero attached hydrogens (tertiary/aromatic N) is 1. The van der Waals surface area contributed by atoms with Gasteiger partial charge in [-0.1, -0.05) is 19.6 Å². The van der Waals surface area contributed by atoms with Crippen LogP contribution >= 0.6 is 0 Å². The Morgan fingerprint density at radius 3 is 2.80 bits per heavy atom. The molecule has 2 aromatic rings. The monoisotopic (exact) mass is 134 g/mol. The molecule has 0 aliphatic carbocycles. The van der Waals surface area contributed by atoms with Crippen LogP contribution < -0.4 is 0 Å². The second-order valence-electron chi connectivity index (χ2n) is 1.92. The molecule has 0 aliphatic heterocycles.